The SMILES string of the molecule is CC(=O)OC1[C@H](n2cnc3c(Cl)ncnc32)O[C@@]2(CC[C@H]2OC(=O)c2ccccc2)[C@@H]1OC(C)=O. The average Bonchev–Trinajstić information content (AvgIpc) is 3.38. The van der Waals surface area contributed by atoms with E-state index in [1.165, 1.54) is 31.1 Å². The molecule has 0 N–H and O–H groups in total. The number of aromatic nitrogens is 4. The predicted molar refractivity (Wildman–Crippen MR) is 119 cm³/mol. The van der Waals surface area contributed by atoms with E-state index in [1.54, 1.807) is 30.3 Å². The molecule has 3 aromatic rings. The van der Waals surface area contributed by atoms with Crippen LogP contribution in [-0.4, -0.2) is 61.3 Å². The zero-order valence-electron chi connectivity index (χ0n) is 18.8. The second-order valence-corrected chi connectivity index (χ2v) is 8.71. The van der Waals surface area contributed by atoms with Crippen LogP contribution >= 0.6 is 11.6 Å². The van der Waals surface area contributed by atoms with E-state index < -0.39 is 48.0 Å². The minimum Gasteiger partial charge on any atom is -0.456 e. The largest absolute Gasteiger partial charge is 0.456 e. The molecule has 1 saturated carbocycles. The number of hydrogen-bond acceptors (Lipinski definition) is 10. The Hall–Kier alpha value is -3.57. The molecule has 3 heterocycles. The lowest BCUT2D eigenvalue weighted by atomic mass is 9.72. The number of nitrogens with zero attached hydrogens (tertiary/aromatic N) is 4. The summed E-state index contributed by atoms with van der Waals surface area (Å²) >= 11 is 6.15. The molecule has 1 saturated heterocycles. The van der Waals surface area contributed by atoms with Crippen molar-refractivity contribution in [3.63, 3.8) is 0 Å². The Morgan fingerprint density at radius 3 is 2.46 bits per heavy atom. The summed E-state index contributed by atoms with van der Waals surface area (Å²) in [6.07, 6.45) is -0.297. The maximum absolute atomic E-state index is 12.8. The van der Waals surface area contributed by atoms with Gasteiger partial charge in [-0.3, -0.25) is 14.2 Å². The van der Waals surface area contributed by atoms with Crippen LogP contribution < -0.4 is 0 Å². The quantitative estimate of drug-likeness (QED) is 0.292. The molecule has 2 aliphatic rings. The van der Waals surface area contributed by atoms with Crippen LogP contribution in [0.5, 0.6) is 0 Å². The standard InChI is InChI=1S/C23H21ClN4O7/c1-12(29)32-17-18(33-13(2)30)23(9-8-15(23)34-22(31)14-6-4-3-5-7-14)35-21(17)28-11-27-16-19(24)25-10-26-20(16)28/h3-7,10-11,15,17-18,21H,8-9H2,1-2H3/t15-,17?,18-,21-,23-/m1/s1. The highest BCUT2D eigenvalue weighted by molar-refractivity contribution is 6.33. The second-order valence-electron chi connectivity index (χ2n) is 8.35. The number of esters is 3. The highest BCUT2D eigenvalue weighted by atomic mass is 35.5. The number of imidazole rings is 1. The van der Waals surface area contributed by atoms with Gasteiger partial charge in [0.15, 0.2) is 29.2 Å². The van der Waals surface area contributed by atoms with Crippen LogP contribution in [0.4, 0.5) is 0 Å². The molecule has 1 aliphatic carbocycles. The van der Waals surface area contributed by atoms with E-state index in [-0.39, 0.29) is 5.15 Å². The van der Waals surface area contributed by atoms with Crippen LogP contribution in [0.1, 0.15) is 43.3 Å². The lowest BCUT2D eigenvalue weighted by Crippen LogP contribution is -2.62. The Labute approximate surface area is 204 Å². The monoisotopic (exact) mass is 500 g/mol. The first kappa shape index (κ1) is 23.2. The molecule has 12 heteroatoms. The molecule has 5 rings (SSSR count). The lowest BCUT2D eigenvalue weighted by molar-refractivity contribution is -0.221. The first-order chi connectivity index (χ1) is 16.8. The second kappa shape index (κ2) is 8.90. The third-order valence-electron chi connectivity index (χ3n) is 6.19. The van der Waals surface area contributed by atoms with E-state index in [1.807, 2.05) is 0 Å². The highest BCUT2D eigenvalue weighted by Crippen LogP contribution is 2.53. The third kappa shape index (κ3) is 4.00. The fraction of sp³-hybridized carbons (Fsp3) is 0.391. The smallest absolute Gasteiger partial charge is 0.338 e. The van der Waals surface area contributed by atoms with Crippen molar-refractivity contribution in [3.05, 3.63) is 53.7 Å². The highest BCUT2D eigenvalue weighted by Gasteiger charge is 2.68. The molecule has 0 bridgehead atoms. The van der Waals surface area contributed by atoms with Gasteiger partial charge in [0, 0.05) is 13.8 Å². The molecule has 35 heavy (non-hydrogen) atoms. The third-order valence-corrected chi connectivity index (χ3v) is 6.46. The molecular weight excluding hydrogens is 480 g/mol. The molecule has 1 spiro atoms. The fourth-order valence-corrected chi connectivity index (χ4v) is 4.78. The van der Waals surface area contributed by atoms with E-state index >= 15 is 0 Å². The fourth-order valence-electron chi connectivity index (χ4n) is 4.61. The summed E-state index contributed by atoms with van der Waals surface area (Å²) < 4.78 is 25.0. The van der Waals surface area contributed by atoms with Crippen molar-refractivity contribution in [1.29, 1.82) is 0 Å². The molecule has 2 aromatic heterocycles. The van der Waals surface area contributed by atoms with Crippen molar-refractivity contribution in [2.24, 2.45) is 0 Å². The Bertz CT molecular complexity index is 1300. The molecule has 182 valence electrons. The van der Waals surface area contributed by atoms with E-state index in [9.17, 15) is 14.4 Å². The van der Waals surface area contributed by atoms with Crippen LogP contribution in [0.2, 0.25) is 5.15 Å². The van der Waals surface area contributed by atoms with Crippen LogP contribution in [-0.2, 0) is 28.5 Å². The van der Waals surface area contributed by atoms with Gasteiger partial charge in [0.1, 0.15) is 23.5 Å². The first-order valence-electron chi connectivity index (χ1n) is 10.9. The number of benzene rings is 1. The number of rotatable bonds is 5. The maximum atomic E-state index is 12.8. The van der Waals surface area contributed by atoms with Gasteiger partial charge >= 0.3 is 17.9 Å². The summed E-state index contributed by atoms with van der Waals surface area (Å²) in [5.74, 6) is -1.75. The molecule has 2 fully saturated rings. The van der Waals surface area contributed by atoms with Crippen LogP contribution in [0.15, 0.2) is 43.0 Å². The summed E-state index contributed by atoms with van der Waals surface area (Å²) in [5, 5.41) is 0.139. The number of ether oxygens (including phenoxy) is 4. The van der Waals surface area contributed by atoms with Crippen LogP contribution in [0.3, 0.4) is 0 Å². The molecular formula is C23H21ClN4O7. The summed E-state index contributed by atoms with van der Waals surface area (Å²) in [7, 11) is 0. The number of hydrogen-bond donors (Lipinski definition) is 0. The van der Waals surface area contributed by atoms with Gasteiger partial charge in [-0.2, -0.15) is 0 Å². The van der Waals surface area contributed by atoms with E-state index in [2.05, 4.69) is 15.0 Å². The molecule has 1 unspecified atom stereocenters. The van der Waals surface area contributed by atoms with Crippen LogP contribution in [0, 0.1) is 0 Å². The number of halogens is 1. The lowest BCUT2D eigenvalue weighted by Gasteiger charge is -2.47. The number of fused-ring (bicyclic) bond motifs is 1. The Kier molecular flexibility index (Phi) is 5.89. The summed E-state index contributed by atoms with van der Waals surface area (Å²) in [6, 6.07) is 8.52. The maximum Gasteiger partial charge on any atom is 0.338 e. The molecule has 11 nitrogen and oxygen atoms in total. The van der Waals surface area contributed by atoms with Gasteiger partial charge in [-0.15, -0.1) is 0 Å². The molecule has 5 atom stereocenters. The Morgan fingerprint density at radius 2 is 1.80 bits per heavy atom. The van der Waals surface area contributed by atoms with Gasteiger partial charge in [-0.25, -0.2) is 19.7 Å². The molecule has 0 amide bonds. The van der Waals surface area contributed by atoms with Gasteiger partial charge in [-0.05, 0) is 25.0 Å². The van der Waals surface area contributed by atoms with E-state index in [0.717, 1.165) is 0 Å². The summed E-state index contributed by atoms with van der Waals surface area (Å²) in [5.41, 5.74) is -0.210. The minimum atomic E-state index is -1.24. The number of carbonyl (C=O) groups excluding carboxylic acids is 3. The van der Waals surface area contributed by atoms with Crippen molar-refractivity contribution in [2.45, 2.75) is 56.8 Å². The molecule has 1 aromatic carbocycles. The van der Waals surface area contributed by atoms with Crippen molar-refractivity contribution in [1.82, 2.24) is 19.5 Å². The molecule has 1 aliphatic heterocycles. The van der Waals surface area contributed by atoms with Crippen molar-refractivity contribution < 1.29 is 33.3 Å². The summed E-state index contributed by atoms with van der Waals surface area (Å²) in [6.45, 7) is 2.49. The zero-order chi connectivity index (χ0) is 24.7. The Balaban J connectivity index is 1.54. The van der Waals surface area contributed by atoms with E-state index in [0.29, 0.717) is 29.6 Å². The zero-order valence-corrected chi connectivity index (χ0v) is 19.5. The Morgan fingerprint density at radius 1 is 1.06 bits per heavy atom. The average molecular weight is 501 g/mol. The van der Waals surface area contributed by atoms with Gasteiger partial charge in [0.2, 0.25) is 0 Å². The minimum absolute atomic E-state index is 0.139. The van der Waals surface area contributed by atoms with Crippen molar-refractivity contribution >= 4 is 40.7 Å². The van der Waals surface area contributed by atoms with Crippen LogP contribution in [0.25, 0.3) is 11.2 Å². The van der Waals surface area contributed by atoms with Gasteiger partial charge < -0.3 is 18.9 Å². The summed E-state index contributed by atoms with van der Waals surface area (Å²) in [4.78, 5) is 49.3. The van der Waals surface area contributed by atoms with Crippen molar-refractivity contribution in [3.8, 4) is 0 Å². The normalized spacial score (nSPS) is 27.4. The predicted octanol–water partition coefficient (Wildman–Crippen LogP) is 2.63. The first-order valence-corrected chi connectivity index (χ1v) is 11.3. The van der Waals surface area contributed by atoms with Gasteiger partial charge in [0.25, 0.3) is 0 Å². The van der Waals surface area contributed by atoms with Crippen molar-refractivity contribution in [2.75, 3.05) is 0 Å². The van der Waals surface area contributed by atoms with Gasteiger partial charge in [-0.1, -0.05) is 29.8 Å². The molecule has 0 radical (unpaired) electrons. The topological polar surface area (TPSA) is 132 Å². The number of carbonyl (C=O) groups is 3. The van der Waals surface area contributed by atoms with Gasteiger partial charge in [0.05, 0.1) is 11.9 Å². The van der Waals surface area contributed by atoms with E-state index in [4.69, 9.17) is 30.5 Å².